The first-order valence-corrected chi connectivity index (χ1v) is 8.06. The van der Waals surface area contributed by atoms with Crippen molar-refractivity contribution >= 4 is 6.08 Å². The maximum Gasteiger partial charge on any atom is 0.147 e. The lowest BCUT2D eigenvalue weighted by atomic mass is 10.2. The number of aryl methyl sites for hydroxylation is 2. The van der Waals surface area contributed by atoms with Crippen LogP contribution in [0.25, 0.3) is 6.08 Å². The van der Waals surface area contributed by atoms with Gasteiger partial charge in [0.1, 0.15) is 11.6 Å². The molecule has 1 aliphatic rings. The molecule has 1 atom stereocenters. The van der Waals surface area contributed by atoms with Gasteiger partial charge in [-0.05, 0) is 38.8 Å². The third-order valence-corrected chi connectivity index (χ3v) is 4.30. The van der Waals surface area contributed by atoms with Crippen LogP contribution in [0.2, 0.25) is 0 Å². The van der Waals surface area contributed by atoms with Gasteiger partial charge in [-0.1, -0.05) is 42.5 Å². The molecule has 0 N–H and O–H groups in total. The Morgan fingerprint density at radius 2 is 2.05 bits per heavy atom. The van der Waals surface area contributed by atoms with Crippen LogP contribution in [0, 0.1) is 13.8 Å². The molecule has 0 radical (unpaired) electrons. The molecule has 2 heterocycles. The van der Waals surface area contributed by atoms with E-state index in [0.29, 0.717) is 6.04 Å². The van der Waals surface area contributed by atoms with Gasteiger partial charge >= 0.3 is 0 Å². The van der Waals surface area contributed by atoms with Crippen LogP contribution in [0.3, 0.4) is 0 Å². The van der Waals surface area contributed by atoms with E-state index in [1.165, 1.54) is 24.9 Å². The summed E-state index contributed by atoms with van der Waals surface area (Å²) in [4.78, 5) is 6.95. The van der Waals surface area contributed by atoms with Crippen LogP contribution in [-0.2, 0) is 6.54 Å². The third-order valence-electron chi connectivity index (χ3n) is 4.30. The highest BCUT2D eigenvalue weighted by Crippen LogP contribution is 2.19. The van der Waals surface area contributed by atoms with Crippen molar-refractivity contribution in [3.8, 4) is 0 Å². The number of benzene rings is 1. The fraction of sp³-hybridized carbons (Fsp3) is 0.444. The predicted molar refractivity (Wildman–Crippen MR) is 89.6 cm³/mol. The molecule has 4 nitrogen and oxygen atoms in total. The van der Waals surface area contributed by atoms with E-state index >= 15 is 0 Å². The summed E-state index contributed by atoms with van der Waals surface area (Å²) in [7, 11) is 0. The molecule has 2 aromatic rings. The Labute approximate surface area is 132 Å². The molecule has 0 unspecified atom stereocenters. The van der Waals surface area contributed by atoms with Crippen molar-refractivity contribution in [3.05, 3.63) is 53.6 Å². The molecule has 0 amide bonds. The van der Waals surface area contributed by atoms with E-state index in [1.807, 2.05) is 13.8 Å². The van der Waals surface area contributed by atoms with Crippen molar-refractivity contribution in [2.75, 3.05) is 13.1 Å². The minimum absolute atomic E-state index is 0.570. The van der Waals surface area contributed by atoms with E-state index in [0.717, 1.165) is 24.7 Å². The second-order valence-electron chi connectivity index (χ2n) is 5.99. The Morgan fingerprint density at radius 3 is 2.77 bits per heavy atom. The standard InChI is InChI=1S/C18H24N4/c1-15-19-16(2)22(20-15)14-18-11-7-13-21(18)12-6-10-17-8-4-3-5-9-17/h3-6,8-10,18H,7,11-14H2,1-2H3/b10-6+/t18-/m1/s1. The average Bonchev–Trinajstić information content (AvgIpc) is 3.07. The molecule has 0 bridgehead atoms. The Kier molecular flexibility index (Phi) is 4.68. The summed E-state index contributed by atoms with van der Waals surface area (Å²) >= 11 is 0. The number of nitrogens with zero attached hydrogens (tertiary/aromatic N) is 4. The maximum absolute atomic E-state index is 4.50. The van der Waals surface area contributed by atoms with Gasteiger partial charge in [0.25, 0.3) is 0 Å². The summed E-state index contributed by atoms with van der Waals surface area (Å²) in [6.45, 7) is 7.13. The van der Waals surface area contributed by atoms with Gasteiger partial charge in [-0.15, -0.1) is 0 Å². The van der Waals surface area contributed by atoms with Crippen LogP contribution in [0.1, 0.15) is 30.1 Å². The van der Waals surface area contributed by atoms with Gasteiger partial charge in [0, 0.05) is 12.6 Å². The fourth-order valence-electron chi connectivity index (χ4n) is 3.16. The third kappa shape index (κ3) is 3.63. The van der Waals surface area contributed by atoms with Gasteiger partial charge in [0.2, 0.25) is 0 Å². The van der Waals surface area contributed by atoms with Crippen molar-refractivity contribution < 1.29 is 0 Å². The molecule has 0 spiro atoms. The van der Waals surface area contributed by atoms with Crippen molar-refractivity contribution in [3.63, 3.8) is 0 Å². The first kappa shape index (κ1) is 15.0. The van der Waals surface area contributed by atoms with Crippen molar-refractivity contribution in [1.29, 1.82) is 0 Å². The molecule has 0 aliphatic carbocycles. The molecule has 0 saturated carbocycles. The zero-order chi connectivity index (χ0) is 15.4. The van der Waals surface area contributed by atoms with Crippen LogP contribution in [0.5, 0.6) is 0 Å². The number of hydrogen-bond acceptors (Lipinski definition) is 3. The van der Waals surface area contributed by atoms with Crippen LogP contribution in [0.15, 0.2) is 36.4 Å². The molecule has 3 rings (SSSR count). The lowest BCUT2D eigenvalue weighted by Crippen LogP contribution is -2.33. The summed E-state index contributed by atoms with van der Waals surface area (Å²) in [6, 6.07) is 11.1. The topological polar surface area (TPSA) is 34.0 Å². The van der Waals surface area contributed by atoms with Crippen molar-refractivity contribution in [2.45, 2.75) is 39.3 Å². The van der Waals surface area contributed by atoms with Gasteiger partial charge in [-0.25, -0.2) is 9.67 Å². The number of rotatable bonds is 5. The molecule has 116 valence electrons. The summed E-state index contributed by atoms with van der Waals surface area (Å²) in [5.41, 5.74) is 1.26. The number of aromatic nitrogens is 3. The van der Waals surface area contributed by atoms with E-state index in [1.54, 1.807) is 0 Å². The molecular formula is C18H24N4. The highest BCUT2D eigenvalue weighted by atomic mass is 15.4. The lowest BCUT2D eigenvalue weighted by molar-refractivity contribution is 0.248. The number of likely N-dealkylation sites (tertiary alicyclic amines) is 1. The molecule has 22 heavy (non-hydrogen) atoms. The summed E-state index contributed by atoms with van der Waals surface area (Å²) < 4.78 is 2.05. The summed E-state index contributed by atoms with van der Waals surface area (Å²) in [5, 5.41) is 4.50. The van der Waals surface area contributed by atoms with E-state index < -0.39 is 0 Å². The molecule has 1 fully saturated rings. The smallest absolute Gasteiger partial charge is 0.147 e. The van der Waals surface area contributed by atoms with E-state index in [-0.39, 0.29) is 0 Å². The normalized spacial score (nSPS) is 19.3. The first-order chi connectivity index (χ1) is 10.7. The molecule has 4 heteroatoms. The molecule has 1 saturated heterocycles. The quantitative estimate of drug-likeness (QED) is 0.850. The second kappa shape index (κ2) is 6.88. The highest BCUT2D eigenvalue weighted by Gasteiger charge is 2.24. The zero-order valence-electron chi connectivity index (χ0n) is 13.4. The summed E-state index contributed by atoms with van der Waals surface area (Å²) in [6.07, 6.45) is 7.00. The van der Waals surface area contributed by atoms with Gasteiger partial charge in [-0.3, -0.25) is 4.90 Å². The van der Waals surface area contributed by atoms with Gasteiger partial charge in [0.05, 0.1) is 6.54 Å². The molecule has 1 aromatic heterocycles. The maximum atomic E-state index is 4.50. The second-order valence-corrected chi connectivity index (χ2v) is 5.99. The van der Waals surface area contributed by atoms with E-state index in [9.17, 15) is 0 Å². The Bertz CT molecular complexity index is 630. The van der Waals surface area contributed by atoms with Gasteiger partial charge < -0.3 is 0 Å². The Balaban J connectivity index is 1.59. The molecule has 1 aliphatic heterocycles. The minimum Gasteiger partial charge on any atom is -0.295 e. The molecular weight excluding hydrogens is 272 g/mol. The van der Waals surface area contributed by atoms with Gasteiger partial charge in [0.15, 0.2) is 0 Å². The zero-order valence-corrected chi connectivity index (χ0v) is 13.4. The predicted octanol–water partition coefficient (Wildman–Crippen LogP) is 3.07. The van der Waals surface area contributed by atoms with Crippen molar-refractivity contribution in [2.24, 2.45) is 0 Å². The number of hydrogen-bond donors (Lipinski definition) is 0. The minimum atomic E-state index is 0.570. The monoisotopic (exact) mass is 296 g/mol. The lowest BCUT2D eigenvalue weighted by Gasteiger charge is -2.23. The SMILES string of the molecule is Cc1nc(C)n(C[C@H]2CCCN2C/C=C/c2ccccc2)n1. The van der Waals surface area contributed by atoms with E-state index in [4.69, 9.17) is 0 Å². The van der Waals surface area contributed by atoms with Gasteiger partial charge in [-0.2, -0.15) is 5.10 Å². The van der Waals surface area contributed by atoms with E-state index in [2.05, 4.69) is 62.1 Å². The Hall–Kier alpha value is -1.94. The largest absolute Gasteiger partial charge is 0.295 e. The van der Waals surface area contributed by atoms with Crippen LogP contribution < -0.4 is 0 Å². The summed E-state index contributed by atoms with van der Waals surface area (Å²) in [5.74, 6) is 1.88. The average molecular weight is 296 g/mol. The van der Waals surface area contributed by atoms with Crippen LogP contribution >= 0.6 is 0 Å². The first-order valence-electron chi connectivity index (χ1n) is 8.06. The van der Waals surface area contributed by atoms with Crippen molar-refractivity contribution in [1.82, 2.24) is 19.7 Å². The highest BCUT2D eigenvalue weighted by molar-refractivity contribution is 5.48. The Morgan fingerprint density at radius 1 is 1.23 bits per heavy atom. The fourth-order valence-corrected chi connectivity index (χ4v) is 3.16. The van der Waals surface area contributed by atoms with Crippen LogP contribution in [-0.4, -0.2) is 38.8 Å². The van der Waals surface area contributed by atoms with Crippen LogP contribution in [0.4, 0.5) is 0 Å². The molecule has 1 aromatic carbocycles.